The van der Waals surface area contributed by atoms with E-state index in [1.807, 2.05) is 0 Å². The van der Waals surface area contributed by atoms with Crippen LogP contribution >= 0.6 is 7.77 Å². The van der Waals surface area contributed by atoms with Gasteiger partial charge in [0.2, 0.25) is 6.35 Å². The van der Waals surface area contributed by atoms with Gasteiger partial charge in [0, 0.05) is 13.5 Å². The van der Waals surface area contributed by atoms with Crippen molar-refractivity contribution in [2.24, 2.45) is 5.73 Å². The molecular formula is C7H14NO4P. The molecule has 0 rings (SSSR count). The number of carbonyl (C=O) groups excluding carboxylic acids is 1. The lowest BCUT2D eigenvalue weighted by molar-refractivity contribution is -0.156. The Morgan fingerprint density at radius 1 is 1.69 bits per heavy atom. The molecule has 13 heavy (non-hydrogen) atoms. The molecule has 0 aromatic rings. The Morgan fingerprint density at radius 2 is 2.31 bits per heavy atom. The summed E-state index contributed by atoms with van der Waals surface area (Å²) in [7, 11) is 1.19. The van der Waals surface area contributed by atoms with E-state index < -0.39 is 19.8 Å². The number of esters is 1. The Labute approximate surface area is 78.3 Å². The van der Waals surface area contributed by atoms with Crippen molar-refractivity contribution in [2.45, 2.75) is 12.5 Å². The van der Waals surface area contributed by atoms with Crippen LogP contribution in [0, 0.1) is 0 Å². The molecule has 5 nitrogen and oxygen atoms in total. The van der Waals surface area contributed by atoms with E-state index in [-0.39, 0.29) is 12.8 Å². The molecule has 0 saturated carbocycles. The minimum absolute atomic E-state index is 0.156. The summed E-state index contributed by atoms with van der Waals surface area (Å²) in [6.07, 6.45) is 0.397. The molecule has 0 aliphatic rings. The van der Waals surface area contributed by atoms with Crippen molar-refractivity contribution in [3.05, 3.63) is 0 Å². The predicted octanol–water partition coefficient (Wildman–Crippen LogP) is -0.960. The first-order chi connectivity index (χ1) is 6.11. The van der Waals surface area contributed by atoms with Crippen LogP contribution in [0.2, 0.25) is 0 Å². The number of nitrogens with two attached hydrogens (primary N) is 1. The largest absolute Gasteiger partial charge is 0.629 e. The van der Waals surface area contributed by atoms with Crippen LogP contribution in [-0.2, 0) is 14.3 Å². The lowest BCUT2D eigenvalue weighted by Crippen LogP contribution is -2.31. The van der Waals surface area contributed by atoms with Crippen molar-refractivity contribution in [1.82, 2.24) is 0 Å². The second-order valence-electron chi connectivity index (χ2n) is 2.38. The van der Waals surface area contributed by atoms with Crippen LogP contribution in [0.4, 0.5) is 0 Å². The minimum Gasteiger partial charge on any atom is -0.629 e. The van der Waals surface area contributed by atoms with Crippen LogP contribution in [-0.4, -0.2) is 38.4 Å². The van der Waals surface area contributed by atoms with Gasteiger partial charge in [0.15, 0.2) is 0 Å². The predicted molar refractivity (Wildman–Crippen MR) is 49.5 cm³/mol. The fourth-order valence-corrected chi connectivity index (χ4v) is 1.48. The Kier molecular flexibility index (Phi) is 6.72. The normalized spacial score (nSPS) is 14.0. The molecule has 0 aromatic heterocycles. The van der Waals surface area contributed by atoms with Gasteiger partial charge in [-0.2, -0.15) is 0 Å². The van der Waals surface area contributed by atoms with Gasteiger partial charge in [-0.15, -0.1) is 0 Å². The van der Waals surface area contributed by atoms with E-state index in [1.54, 1.807) is 0 Å². The summed E-state index contributed by atoms with van der Waals surface area (Å²) >= 11 is 0. The van der Waals surface area contributed by atoms with Crippen molar-refractivity contribution >= 4 is 19.5 Å². The Bertz CT molecular complexity index is 195. The zero-order chi connectivity index (χ0) is 10.3. The molecule has 0 saturated heterocycles. The Balaban J connectivity index is 3.86. The lowest BCUT2D eigenvalue weighted by Gasteiger charge is -2.04. The van der Waals surface area contributed by atoms with Crippen molar-refractivity contribution < 1.29 is 19.2 Å². The van der Waals surface area contributed by atoms with Crippen molar-refractivity contribution in [2.75, 3.05) is 20.6 Å². The van der Waals surface area contributed by atoms with Gasteiger partial charge < -0.3 is 20.1 Å². The average Bonchev–Trinajstić information content (AvgIpc) is 2.13. The summed E-state index contributed by atoms with van der Waals surface area (Å²) in [5, 5.41) is 0. The zero-order valence-electron chi connectivity index (χ0n) is 7.73. The van der Waals surface area contributed by atoms with Crippen LogP contribution in [0.15, 0.2) is 0 Å². The third-order valence-corrected chi connectivity index (χ3v) is 2.45. The first kappa shape index (κ1) is 12.5. The molecule has 0 aromatic carbocycles. The molecule has 6 heteroatoms. The van der Waals surface area contributed by atoms with Crippen molar-refractivity contribution in [3.63, 3.8) is 0 Å². The first-order valence-corrected chi connectivity index (χ1v) is 5.22. The van der Waals surface area contributed by atoms with E-state index in [2.05, 4.69) is 9.47 Å². The van der Waals surface area contributed by atoms with Crippen LogP contribution in [0.3, 0.4) is 0 Å². The van der Waals surface area contributed by atoms with Gasteiger partial charge in [-0.3, -0.25) is 4.79 Å². The summed E-state index contributed by atoms with van der Waals surface area (Å²) < 4.78 is 9.05. The number of hydrogen-bond acceptors (Lipinski definition) is 5. The summed E-state index contributed by atoms with van der Waals surface area (Å²) in [5.74, 6) is 0.970. The van der Waals surface area contributed by atoms with Crippen LogP contribution < -0.4 is 10.6 Å². The fourth-order valence-electron chi connectivity index (χ4n) is 0.659. The molecule has 2 unspecified atom stereocenters. The van der Waals surface area contributed by atoms with Gasteiger partial charge in [0.25, 0.3) is 0 Å². The number of hydrogen-bond donors (Lipinski definition) is 1. The molecule has 2 N–H and O–H groups in total. The van der Waals surface area contributed by atoms with Crippen LogP contribution in [0.1, 0.15) is 6.42 Å². The van der Waals surface area contributed by atoms with Crippen molar-refractivity contribution in [1.29, 1.82) is 0 Å². The maximum atomic E-state index is 11.0. The quantitative estimate of drug-likeness (QED) is 0.463. The molecule has 0 aliphatic heterocycles. The molecule has 0 radical (unpaired) electrons. The first-order valence-electron chi connectivity index (χ1n) is 3.71. The average molecular weight is 207 g/mol. The summed E-state index contributed by atoms with van der Waals surface area (Å²) in [4.78, 5) is 21.8. The molecule has 0 bridgehead atoms. The van der Waals surface area contributed by atoms with E-state index in [1.165, 1.54) is 20.0 Å². The highest BCUT2D eigenvalue weighted by molar-refractivity contribution is 7.49. The molecule has 0 heterocycles. The molecule has 0 fully saturated rings. The lowest BCUT2D eigenvalue weighted by atomic mass is 10.2. The highest BCUT2D eigenvalue weighted by atomic mass is 31.1. The van der Waals surface area contributed by atoms with Gasteiger partial charge in [-0.1, -0.05) is 0 Å². The number of carbonyl (C=O) groups is 1. The van der Waals surface area contributed by atoms with E-state index in [0.717, 1.165) is 0 Å². The molecule has 0 amide bonds. The number of ether oxygens (including phenoxy) is 2. The topological polar surface area (TPSA) is 84.6 Å². The van der Waals surface area contributed by atoms with Crippen molar-refractivity contribution in [3.8, 4) is 0 Å². The highest BCUT2D eigenvalue weighted by Gasteiger charge is 2.13. The summed E-state index contributed by atoms with van der Waals surface area (Å²) in [5.41, 5.74) is 5.40. The van der Waals surface area contributed by atoms with Crippen LogP contribution in [0.5, 0.6) is 0 Å². The maximum absolute atomic E-state index is 11.0. The van der Waals surface area contributed by atoms with E-state index in [4.69, 9.17) is 5.73 Å². The molecule has 2 atom stereocenters. The number of methoxy groups -OCH3 is 2. The van der Waals surface area contributed by atoms with Gasteiger partial charge >= 0.3 is 5.97 Å². The van der Waals surface area contributed by atoms with E-state index in [0.29, 0.717) is 0 Å². The van der Waals surface area contributed by atoms with Crippen LogP contribution in [0.25, 0.3) is 0 Å². The fraction of sp³-hybridized carbons (Fsp3) is 0.714. The van der Waals surface area contributed by atoms with Gasteiger partial charge in [0.1, 0.15) is 6.04 Å². The molecule has 0 spiro atoms. The Hall–Kier alpha value is -0.480. The molecule has 76 valence electrons. The highest BCUT2D eigenvalue weighted by Crippen LogP contribution is 2.09. The minimum atomic E-state index is -1.53. The monoisotopic (exact) mass is 207 g/mol. The van der Waals surface area contributed by atoms with E-state index in [9.17, 15) is 9.69 Å². The van der Waals surface area contributed by atoms with Gasteiger partial charge in [-0.05, 0) is 0 Å². The maximum Gasteiger partial charge on any atom is 0.323 e. The summed E-state index contributed by atoms with van der Waals surface area (Å²) in [6.45, 7) is 0. The molecular weight excluding hydrogens is 193 g/mol. The smallest absolute Gasteiger partial charge is 0.323 e. The number of rotatable bonds is 5. The third-order valence-electron chi connectivity index (χ3n) is 1.32. The van der Waals surface area contributed by atoms with Gasteiger partial charge in [-0.25, -0.2) is 0 Å². The Morgan fingerprint density at radius 3 is 2.77 bits per heavy atom. The second-order valence-corrected chi connectivity index (χ2v) is 3.84. The molecule has 0 aliphatic carbocycles. The van der Waals surface area contributed by atoms with Gasteiger partial charge in [0.05, 0.1) is 20.7 Å². The summed E-state index contributed by atoms with van der Waals surface area (Å²) in [6, 6.07) is -0.735. The zero-order valence-corrected chi connectivity index (χ0v) is 8.62. The second kappa shape index (κ2) is 6.97. The third kappa shape index (κ3) is 5.71. The van der Waals surface area contributed by atoms with E-state index >= 15 is 0 Å². The SMILES string of the molecule is COC[P+]([O-])=CCC(N)C(=O)OC. The standard InChI is InChI=1S/C7H14NO4P/c1-11-5-13(10)4-3-6(8)7(9)12-2/h4,6H,3,5,8H2,1-2H3.